The molecular formula is C25H25F3N4O4. The van der Waals surface area contributed by atoms with E-state index in [-0.39, 0.29) is 34.5 Å². The fraction of sp³-hybridized carbons (Fsp3) is 0.320. The lowest BCUT2D eigenvalue weighted by atomic mass is 10.0. The highest BCUT2D eigenvalue weighted by atomic mass is 19.4. The minimum absolute atomic E-state index is 0.00431. The second-order valence-corrected chi connectivity index (χ2v) is 8.64. The molecule has 2 atom stereocenters. The standard InChI is InChI=1S/C25H25F3N4O4/c1-12(2)19(17-6-5-11-35-17)31-23(33)21-22(13(3)29)36-24(32-21)15-7-9-16(34-4)20-14(15)8-10-18(30-20)25(26,27)28/h5-13,19H,29H2,1-4H3,(H,31,33)/t13-,19+/m0/s1. The zero-order valence-corrected chi connectivity index (χ0v) is 20.0. The van der Waals surface area contributed by atoms with Crippen molar-refractivity contribution in [1.29, 1.82) is 0 Å². The van der Waals surface area contributed by atoms with Crippen molar-refractivity contribution in [2.45, 2.75) is 39.0 Å². The Morgan fingerprint density at radius 3 is 2.44 bits per heavy atom. The first-order valence-corrected chi connectivity index (χ1v) is 11.2. The minimum atomic E-state index is -4.63. The molecule has 0 aliphatic heterocycles. The minimum Gasteiger partial charge on any atom is -0.494 e. The number of nitrogens with one attached hydrogen (secondary N) is 1. The van der Waals surface area contributed by atoms with E-state index in [1.54, 1.807) is 25.1 Å². The number of hydrogen-bond donors (Lipinski definition) is 2. The normalized spacial score (nSPS) is 13.7. The smallest absolute Gasteiger partial charge is 0.433 e. The van der Waals surface area contributed by atoms with Crippen molar-refractivity contribution in [2.75, 3.05) is 7.11 Å². The summed E-state index contributed by atoms with van der Waals surface area (Å²) < 4.78 is 56.4. The van der Waals surface area contributed by atoms with Crippen molar-refractivity contribution in [3.05, 3.63) is 65.6 Å². The number of hydrogen-bond acceptors (Lipinski definition) is 7. The highest BCUT2D eigenvalue weighted by molar-refractivity contribution is 5.98. The quantitative estimate of drug-likeness (QED) is 0.335. The number of oxazole rings is 1. The van der Waals surface area contributed by atoms with Gasteiger partial charge in [-0.3, -0.25) is 4.79 Å². The Hall–Kier alpha value is -3.86. The third-order valence-corrected chi connectivity index (χ3v) is 5.65. The maximum absolute atomic E-state index is 13.3. The summed E-state index contributed by atoms with van der Waals surface area (Å²) >= 11 is 0. The number of alkyl halides is 3. The van der Waals surface area contributed by atoms with Gasteiger partial charge in [0.25, 0.3) is 5.91 Å². The van der Waals surface area contributed by atoms with Crippen LogP contribution in [-0.2, 0) is 6.18 Å². The first-order chi connectivity index (χ1) is 17.0. The molecule has 0 radical (unpaired) electrons. The van der Waals surface area contributed by atoms with E-state index in [1.807, 2.05) is 13.8 Å². The van der Waals surface area contributed by atoms with Crippen LogP contribution < -0.4 is 15.8 Å². The number of nitrogens with two attached hydrogens (primary N) is 1. The number of halogens is 3. The van der Waals surface area contributed by atoms with Crippen molar-refractivity contribution in [3.8, 4) is 17.2 Å². The number of fused-ring (bicyclic) bond motifs is 1. The van der Waals surface area contributed by atoms with Gasteiger partial charge in [0.2, 0.25) is 5.89 Å². The molecule has 3 heterocycles. The van der Waals surface area contributed by atoms with Gasteiger partial charge in [0.15, 0.2) is 11.5 Å². The molecule has 0 spiro atoms. The van der Waals surface area contributed by atoms with Gasteiger partial charge < -0.3 is 24.6 Å². The Morgan fingerprint density at radius 2 is 1.86 bits per heavy atom. The molecule has 0 fully saturated rings. The molecule has 0 aliphatic rings. The first-order valence-electron chi connectivity index (χ1n) is 11.2. The van der Waals surface area contributed by atoms with E-state index < -0.39 is 29.9 Å². The van der Waals surface area contributed by atoms with Gasteiger partial charge in [0.1, 0.15) is 22.7 Å². The molecule has 0 bridgehead atoms. The van der Waals surface area contributed by atoms with Crippen LogP contribution in [0.25, 0.3) is 22.4 Å². The fourth-order valence-electron chi connectivity index (χ4n) is 3.86. The average molecular weight is 502 g/mol. The second kappa shape index (κ2) is 9.65. The summed E-state index contributed by atoms with van der Waals surface area (Å²) in [5.41, 5.74) is 5.29. The van der Waals surface area contributed by atoms with E-state index >= 15 is 0 Å². The van der Waals surface area contributed by atoms with Crippen LogP contribution in [0.5, 0.6) is 5.75 Å². The number of aromatic nitrogens is 2. The number of pyridine rings is 1. The topological polar surface area (TPSA) is 116 Å². The summed E-state index contributed by atoms with van der Waals surface area (Å²) in [4.78, 5) is 21.4. The number of methoxy groups -OCH3 is 1. The molecular weight excluding hydrogens is 477 g/mol. The first kappa shape index (κ1) is 25.2. The Bertz CT molecular complexity index is 1380. The predicted octanol–water partition coefficient (Wildman–Crippen LogP) is 5.66. The molecule has 8 nitrogen and oxygen atoms in total. The van der Waals surface area contributed by atoms with Crippen molar-refractivity contribution in [3.63, 3.8) is 0 Å². The number of furan rings is 1. The molecule has 0 saturated heterocycles. The molecule has 4 rings (SSSR count). The van der Waals surface area contributed by atoms with Gasteiger partial charge in [-0.25, -0.2) is 9.97 Å². The number of nitrogens with zero attached hydrogens (tertiary/aromatic N) is 2. The molecule has 3 N–H and O–H groups in total. The molecule has 4 aromatic rings. The molecule has 1 amide bonds. The lowest BCUT2D eigenvalue weighted by Gasteiger charge is -2.20. The van der Waals surface area contributed by atoms with Crippen molar-refractivity contribution >= 4 is 16.8 Å². The summed E-state index contributed by atoms with van der Waals surface area (Å²) in [5, 5.41) is 3.21. The number of ether oxygens (including phenoxy) is 1. The molecule has 0 unspecified atom stereocenters. The number of carbonyl (C=O) groups excluding carboxylic acids is 1. The molecule has 190 valence electrons. The molecule has 36 heavy (non-hydrogen) atoms. The van der Waals surface area contributed by atoms with E-state index in [2.05, 4.69) is 15.3 Å². The van der Waals surface area contributed by atoms with Gasteiger partial charge in [-0.05, 0) is 49.2 Å². The lowest BCUT2D eigenvalue weighted by molar-refractivity contribution is -0.140. The van der Waals surface area contributed by atoms with Gasteiger partial charge >= 0.3 is 6.18 Å². The molecule has 1 aromatic carbocycles. The summed E-state index contributed by atoms with van der Waals surface area (Å²) in [6.45, 7) is 5.50. The van der Waals surface area contributed by atoms with Crippen molar-refractivity contribution < 1.29 is 31.5 Å². The van der Waals surface area contributed by atoms with Crippen LogP contribution in [0.4, 0.5) is 13.2 Å². The summed E-state index contributed by atoms with van der Waals surface area (Å²) in [7, 11) is 1.34. The average Bonchev–Trinajstić information content (AvgIpc) is 3.51. The fourth-order valence-corrected chi connectivity index (χ4v) is 3.86. The third-order valence-electron chi connectivity index (χ3n) is 5.65. The van der Waals surface area contributed by atoms with E-state index in [9.17, 15) is 18.0 Å². The van der Waals surface area contributed by atoms with Crippen LogP contribution >= 0.6 is 0 Å². The van der Waals surface area contributed by atoms with Crippen LogP contribution in [-0.4, -0.2) is 23.0 Å². The highest BCUT2D eigenvalue weighted by Crippen LogP contribution is 2.37. The summed E-state index contributed by atoms with van der Waals surface area (Å²) in [6, 6.07) is 7.55. The summed E-state index contributed by atoms with van der Waals surface area (Å²) in [5.74, 6) is 0.355. The molecule has 3 aromatic heterocycles. The maximum atomic E-state index is 13.3. The number of rotatable bonds is 7. The maximum Gasteiger partial charge on any atom is 0.433 e. The van der Waals surface area contributed by atoms with Gasteiger partial charge in [-0.1, -0.05) is 13.8 Å². The van der Waals surface area contributed by atoms with Crippen LogP contribution in [0.2, 0.25) is 0 Å². The van der Waals surface area contributed by atoms with E-state index in [0.29, 0.717) is 16.7 Å². The third kappa shape index (κ3) is 4.78. The molecule has 0 aliphatic carbocycles. The van der Waals surface area contributed by atoms with E-state index in [0.717, 1.165) is 6.07 Å². The zero-order chi connectivity index (χ0) is 26.2. The highest BCUT2D eigenvalue weighted by Gasteiger charge is 2.33. The van der Waals surface area contributed by atoms with Crippen LogP contribution in [0.15, 0.2) is 51.5 Å². The van der Waals surface area contributed by atoms with Crippen molar-refractivity contribution in [1.82, 2.24) is 15.3 Å². The van der Waals surface area contributed by atoms with Gasteiger partial charge in [-0.15, -0.1) is 0 Å². The van der Waals surface area contributed by atoms with Crippen molar-refractivity contribution in [2.24, 2.45) is 11.7 Å². The zero-order valence-electron chi connectivity index (χ0n) is 20.0. The number of carbonyl (C=O) groups is 1. The Labute approximate surface area is 204 Å². The largest absolute Gasteiger partial charge is 0.494 e. The SMILES string of the molecule is COc1ccc(-c2nc(C(=O)N[C@@H](c3ccco3)C(C)C)c([C@H](C)N)o2)c2ccc(C(F)(F)F)nc12. The monoisotopic (exact) mass is 502 g/mol. The Kier molecular flexibility index (Phi) is 6.77. The van der Waals surface area contributed by atoms with Gasteiger partial charge in [0.05, 0.1) is 25.5 Å². The van der Waals surface area contributed by atoms with Gasteiger partial charge in [0, 0.05) is 10.9 Å². The number of benzene rings is 1. The predicted molar refractivity (Wildman–Crippen MR) is 125 cm³/mol. The Morgan fingerprint density at radius 1 is 1.11 bits per heavy atom. The molecule has 0 saturated carbocycles. The van der Waals surface area contributed by atoms with E-state index in [4.69, 9.17) is 19.3 Å². The van der Waals surface area contributed by atoms with Crippen LogP contribution in [0.3, 0.4) is 0 Å². The van der Waals surface area contributed by atoms with Crippen LogP contribution in [0.1, 0.15) is 60.6 Å². The second-order valence-electron chi connectivity index (χ2n) is 8.64. The van der Waals surface area contributed by atoms with Crippen LogP contribution in [0, 0.1) is 5.92 Å². The van der Waals surface area contributed by atoms with Gasteiger partial charge in [-0.2, -0.15) is 13.2 Å². The molecule has 11 heteroatoms. The Balaban J connectivity index is 1.79. The lowest BCUT2D eigenvalue weighted by Crippen LogP contribution is -2.32. The van der Waals surface area contributed by atoms with E-state index in [1.165, 1.54) is 25.5 Å². The summed E-state index contributed by atoms with van der Waals surface area (Å²) in [6.07, 6.45) is -3.11. The number of amides is 1.